The van der Waals surface area contributed by atoms with Gasteiger partial charge in [-0.05, 0) is 13.0 Å². The molecule has 1 aromatic heterocycles. The third kappa shape index (κ3) is 1.77. The standard InChI is InChI=1S/C12H11N3O/c1-2-9(11(13)16)12-14-7-8-5-3-4-6-10(8)15-12/h2-7H,1H3,(H2,13,16). The van der Waals surface area contributed by atoms with Crippen LogP contribution >= 0.6 is 0 Å². The van der Waals surface area contributed by atoms with Crippen LogP contribution in [-0.2, 0) is 4.79 Å². The first-order valence-corrected chi connectivity index (χ1v) is 4.90. The first-order chi connectivity index (χ1) is 7.72. The second kappa shape index (κ2) is 4.10. The van der Waals surface area contributed by atoms with Gasteiger partial charge in [0, 0.05) is 11.6 Å². The van der Waals surface area contributed by atoms with Crippen LogP contribution in [0.2, 0.25) is 0 Å². The number of hydrogen-bond donors (Lipinski definition) is 1. The van der Waals surface area contributed by atoms with E-state index in [2.05, 4.69) is 9.97 Å². The molecular formula is C12H11N3O. The maximum atomic E-state index is 11.1. The molecule has 0 fully saturated rings. The number of allylic oxidation sites excluding steroid dienone is 1. The fourth-order valence-electron chi connectivity index (χ4n) is 1.48. The fraction of sp³-hybridized carbons (Fsp3) is 0.0833. The van der Waals surface area contributed by atoms with Crippen molar-refractivity contribution in [2.75, 3.05) is 0 Å². The summed E-state index contributed by atoms with van der Waals surface area (Å²) in [7, 11) is 0. The molecule has 0 atom stereocenters. The van der Waals surface area contributed by atoms with Crippen LogP contribution in [0.3, 0.4) is 0 Å². The molecule has 0 aliphatic rings. The van der Waals surface area contributed by atoms with Crippen LogP contribution in [0.5, 0.6) is 0 Å². The summed E-state index contributed by atoms with van der Waals surface area (Å²) in [6, 6.07) is 7.59. The maximum absolute atomic E-state index is 11.1. The van der Waals surface area contributed by atoms with Crippen LogP contribution < -0.4 is 5.73 Å². The summed E-state index contributed by atoms with van der Waals surface area (Å²) in [5.41, 5.74) is 6.37. The van der Waals surface area contributed by atoms with Crippen molar-refractivity contribution in [2.45, 2.75) is 6.92 Å². The molecule has 80 valence electrons. The Morgan fingerprint density at radius 2 is 2.12 bits per heavy atom. The number of rotatable bonds is 2. The van der Waals surface area contributed by atoms with E-state index in [1.807, 2.05) is 24.3 Å². The van der Waals surface area contributed by atoms with E-state index in [1.165, 1.54) is 0 Å². The quantitative estimate of drug-likeness (QED) is 0.769. The van der Waals surface area contributed by atoms with E-state index in [0.717, 1.165) is 10.9 Å². The SMILES string of the molecule is CC=C(C(N)=O)c1ncc2ccccc2n1. The van der Waals surface area contributed by atoms with E-state index < -0.39 is 5.91 Å². The monoisotopic (exact) mass is 213 g/mol. The lowest BCUT2D eigenvalue weighted by Crippen LogP contribution is -2.14. The third-order valence-electron chi connectivity index (χ3n) is 2.28. The average molecular weight is 213 g/mol. The Kier molecular flexibility index (Phi) is 2.64. The highest BCUT2D eigenvalue weighted by molar-refractivity contribution is 6.17. The number of primary amides is 1. The molecule has 0 saturated heterocycles. The van der Waals surface area contributed by atoms with Crippen molar-refractivity contribution in [2.24, 2.45) is 5.73 Å². The smallest absolute Gasteiger partial charge is 0.252 e. The first-order valence-electron chi connectivity index (χ1n) is 4.90. The van der Waals surface area contributed by atoms with Gasteiger partial charge in [0.2, 0.25) is 0 Å². The predicted molar refractivity (Wildman–Crippen MR) is 62.4 cm³/mol. The Bertz CT molecular complexity index is 575. The van der Waals surface area contributed by atoms with Crippen LogP contribution in [0.4, 0.5) is 0 Å². The van der Waals surface area contributed by atoms with Gasteiger partial charge in [0.25, 0.3) is 5.91 Å². The van der Waals surface area contributed by atoms with Gasteiger partial charge in [0.05, 0.1) is 11.1 Å². The van der Waals surface area contributed by atoms with Gasteiger partial charge in [-0.1, -0.05) is 24.3 Å². The van der Waals surface area contributed by atoms with Crippen molar-refractivity contribution in [1.82, 2.24) is 9.97 Å². The Morgan fingerprint density at radius 3 is 2.81 bits per heavy atom. The second-order valence-electron chi connectivity index (χ2n) is 3.32. The van der Waals surface area contributed by atoms with E-state index in [0.29, 0.717) is 11.4 Å². The summed E-state index contributed by atoms with van der Waals surface area (Å²) >= 11 is 0. The number of hydrogen-bond acceptors (Lipinski definition) is 3. The van der Waals surface area contributed by atoms with Gasteiger partial charge in [-0.25, -0.2) is 9.97 Å². The molecule has 0 radical (unpaired) electrons. The second-order valence-corrected chi connectivity index (χ2v) is 3.32. The predicted octanol–water partition coefficient (Wildman–Crippen LogP) is 1.52. The zero-order valence-corrected chi connectivity index (χ0v) is 8.84. The molecule has 0 unspecified atom stereocenters. The molecule has 1 amide bonds. The minimum Gasteiger partial charge on any atom is -0.365 e. The summed E-state index contributed by atoms with van der Waals surface area (Å²) in [6.07, 6.45) is 3.30. The molecular weight excluding hydrogens is 202 g/mol. The van der Waals surface area contributed by atoms with Crippen molar-refractivity contribution >= 4 is 22.4 Å². The summed E-state index contributed by atoms with van der Waals surface area (Å²) in [5.74, 6) is -0.147. The van der Waals surface area contributed by atoms with Crippen molar-refractivity contribution in [1.29, 1.82) is 0 Å². The Hall–Kier alpha value is -2.23. The molecule has 1 aromatic carbocycles. The molecule has 16 heavy (non-hydrogen) atoms. The third-order valence-corrected chi connectivity index (χ3v) is 2.28. The van der Waals surface area contributed by atoms with E-state index in [1.54, 1.807) is 19.2 Å². The minimum absolute atomic E-state index is 0.339. The summed E-state index contributed by atoms with van der Waals surface area (Å²) in [6.45, 7) is 1.73. The molecule has 0 aliphatic carbocycles. The number of nitrogens with two attached hydrogens (primary N) is 1. The highest BCUT2D eigenvalue weighted by atomic mass is 16.1. The van der Waals surface area contributed by atoms with Gasteiger partial charge in [-0.3, -0.25) is 4.79 Å². The molecule has 2 rings (SSSR count). The van der Waals surface area contributed by atoms with Crippen molar-refractivity contribution in [3.05, 3.63) is 42.4 Å². The highest BCUT2D eigenvalue weighted by Crippen LogP contribution is 2.14. The lowest BCUT2D eigenvalue weighted by atomic mass is 10.2. The van der Waals surface area contributed by atoms with Gasteiger partial charge in [0.1, 0.15) is 0 Å². The van der Waals surface area contributed by atoms with Gasteiger partial charge >= 0.3 is 0 Å². The highest BCUT2D eigenvalue weighted by Gasteiger charge is 2.10. The van der Waals surface area contributed by atoms with Crippen LogP contribution in [0.1, 0.15) is 12.7 Å². The van der Waals surface area contributed by atoms with Gasteiger partial charge in [-0.2, -0.15) is 0 Å². The largest absolute Gasteiger partial charge is 0.365 e. The molecule has 4 heteroatoms. The van der Waals surface area contributed by atoms with E-state index in [9.17, 15) is 4.79 Å². The topological polar surface area (TPSA) is 68.9 Å². The summed E-state index contributed by atoms with van der Waals surface area (Å²) in [4.78, 5) is 19.5. The number of amides is 1. The van der Waals surface area contributed by atoms with Gasteiger partial charge in [-0.15, -0.1) is 0 Å². The number of para-hydroxylation sites is 1. The molecule has 0 bridgehead atoms. The molecule has 2 aromatic rings. The Balaban J connectivity index is 2.59. The number of aromatic nitrogens is 2. The van der Waals surface area contributed by atoms with Crippen molar-refractivity contribution < 1.29 is 4.79 Å². The minimum atomic E-state index is -0.516. The van der Waals surface area contributed by atoms with Crippen molar-refractivity contribution in [3.63, 3.8) is 0 Å². The van der Waals surface area contributed by atoms with Gasteiger partial charge in [0.15, 0.2) is 5.82 Å². The van der Waals surface area contributed by atoms with E-state index in [-0.39, 0.29) is 0 Å². The summed E-state index contributed by atoms with van der Waals surface area (Å²) < 4.78 is 0. The number of carbonyl (C=O) groups excluding carboxylic acids is 1. The Morgan fingerprint density at radius 1 is 1.38 bits per heavy atom. The first kappa shape index (κ1) is 10.3. The van der Waals surface area contributed by atoms with E-state index in [4.69, 9.17) is 5.73 Å². The lowest BCUT2D eigenvalue weighted by molar-refractivity contribution is -0.112. The van der Waals surface area contributed by atoms with Crippen LogP contribution in [0.25, 0.3) is 16.5 Å². The zero-order chi connectivity index (χ0) is 11.5. The average Bonchev–Trinajstić information content (AvgIpc) is 2.29. The fourth-order valence-corrected chi connectivity index (χ4v) is 1.48. The molecule has 2 N–H and O–H groups in total. The molecule has 0 aliphatic heterocycles. The van der Waals surface area contributed by atoms with Crippen LogP contribution in [-0.4, -0.2) is 15.9 Å². The van der Waals surface area contributed by atoms with Crippen LogP contribution in [0, 0.1) is 0 Å². The molecule has 0 spiro atoms. The normalized spacial score (nSPS) is 11.7. The number of fused-ring (bicyclic) bond motifs is 1. The van der Waals surface area contributed by atoms with Crippen LogP contribution in [0.15, 0.2) is 36.5 Å². The molecule has 0 saturated carbocycles. The van der Waals surface area contributed by atoms with Gasteiger partial charge < -0.3 is 5.73 Å². The summed E-state index contributed by atoms with van der Waals surface area (Å²) in [5, 5.41) is 0.936. The van der Waals surface area contributed by atoms with E-state index >= 15 is 0 Å². The lowest BCUT2D eigenvalue weighted by Gasteiger charge is -2.02. The molecule has 4 nitrogen and oxygen atoms in total. The molecule has 1 heterocycles. The Labute approximate surface area is 92.8 Å². The number of nitrogens with zero attached hydrogens (tertiary/aromatic N) is 2. The zero-order valence-electron chi connectivity index (χ0n) is 8.84. The van der Waals surface area contributed by atoms with Crippen molar-refractivity contribution in [3.8, 4) is 0 Å². The maximum Gasteiger partial charge on any atom is 0.252 e. The number of benzene rings is 1. The number of carbonyl (C=O) groups is 1.